The lowest BCUT2D eigenvalue weighted by Crippen LogP contribution is -2.37. The zero-order valence-corrected chi connectivity index (χ0v) is 12.3. The number of aliphatic hydroxyl groups is 1. The molecule has 0 amide bonds. The molecule has 0 aromatic heterocycles. The molecule has 0 unspecified atom stereocenters. The van der Waals surface area contributed by atoms with Gasteiger partial charge in [-0.05, 0) is 46.5 Å². The van der Waals surface area contributed by atoms with Gasteiger partial charge in [0.05, 0.1) is 17.2 Å². The van der Waals surface area contributed by atoms with E-state index in [0.29, 0.717) is 6.54 Å². The Morgan fingerprint density at radius 3 is 2.72 bits per heavy atom. The molecule has 1 aliphatic rings. The summed E-state index contributed by atoms with van der Waals surface area (Å²) in [7, 11) is 1.66. The van der Waals surface area contributed by atoms with Crippen molar-refractivity contribution in [3.8, 4) is 5.75 Å². The molecule has 2 rings (SSSR count). The lowest BCUT2D eigenvalue weighted by Gasteiger charge is -2.22. The largest absolute Gasteiger partial charge is 0.496 e. The Balaban J connectivity index is 1.85. The number of hydrogen-bond donors (Lipinski definition) is 2. The Labute approximate surface area is 117 Å². The molecule has 0 radical (unpaired) electrons. The highest BCUT2D eigenvalue weighted by atomic mass is 79.9. The van der Waals surface area contributed by atoms with Crippen molar-refractivity contribution in [1.82, 2.24) is 5.32 Å². The van der Waals surface area contributed by atoms with Crippen LogP contribution in [-0.2, 0) is 6.54 Å². The van der Waals surface area contributed by atoms with Crippen LogP contribution in [0.3, 0.4) is 0 Å². The summed E-state index contributed by atoms with van der Waals surface area (Å²) in [6.45, 7) is 1.45. The normalized spacial score (nSPS) is 17.9. The summed E-state index contributed by atoms with van der Waals surface area (Å²) < 4.78 is 6.16. The zero-order valence-electron chi connectivity index (χ0n) is 10.7. The van der Waals surface area contributed by atoms with Crippen LogP contribution in [0.25, 0.3) is 0 Å². The molecule has 0 bridgehead atoms. The molecule has 0 aliphatic heterocycles. The van der Waals surface area contributed by atoms with Crippen LogP contribution in [0.15, 0.2) is 22.7 Å². The van der Waals surface area contributed by atoms with Crippen molar-refractivity contribution >= 4 is 15.9 Å². The van der Waals surface area contributed by atoms with Gasteiger partial charge in [-0.1, -0.05) is 18.9 Å². The SMILES string of the molecule is COc1ccc(CNCC2(O)CCCC2)cc1Br. The number of benzene rings is 1. The molecular formula is C14H20BrNO2. The Kier molecular flexibility index (Phi) is 4.65. The summed E-state index contributed by atoms with van der Waals surface area (Å²) in [6.07, 6.45) is 4.14. The molecule has 0 spiro atoms. The highest BCUT2D eigenvalue weighted by Crippen LogP contribution is 2.29. The number of methoxy groups -OCH3 is 1. The van der Waals surface area contributed by atoms with Crippen LogP contribution in [0, 0.1) is 0 Å². The zero-order chi connectivity index (χ0) is 13.0. The van der Waals surface area contributed by atoms with Crippen molar-refractivity contribution in [3.05, 3.63) is 28.2 Å². The highest BCUT2D eigenvalue weighted by Gasteiger charge is 2.30. The molecule has 1 fully saturated rings. The van der Waals surface area contributed by atoms with E-state index in [2.05, 4.69) is 21.2 Å². The highest BCUT2D eigenvalue weighted by molar-refractivity contribution is 9.10. The van der Waals surface area contributed by atoms with Gasteiger partial charge in [0.15, 0.2) is 0 Å². The van der Waals surface area contributed by atoms with Crippen LogP contribution in [-0.4, -0.2) is 24.4 Å². The first kappa shape index (κ1) is 13.8. The minimum absolute atomic E-state index is 0.482. The van der Waals surface area contributed by atoms with E-state index in [9.17, 15) is 5.11 Å². The van der Waals surface area contributed by atoms with Crippen molar-refractivity contribution in [2.75, 3.05) is 13.7 Å². The third kappa shape index (κ3) is 3.46. The van der Waals surface area contributed by atoms with Crippen molar-refractivity contribution < 1.29 is 9.84 Å². The lowest BCUT2D eigenvalue weighted by molar-refractivity contribution is 0.0475. The van der Waals surface area contributed by atoms with Gasteiger partial charge in [-0.25, -0.2) is 0 Å². The summed E-state index contributed by atoms with van der Waals surface area (Å²) >= 11 is 3.47. The average molecular weight is 314 g/mol. The first-order chi connectivity index (χ1) is 8.63. The number of hydrogen-bond acceptors (Lipinski definition) is 3. The van der Waals surface area contributed by atoms with E-state index in [1.807, 2.05) is 18.2 Å². The summed E-state index contributed by atoms with van der Waals surface area (Å²) in [5.74, 6) is 0.841. The first-order valence-electron chi connectivity index (χ1n) is 6.38. The smallest absolute Gasteiger partial charge is 0.133 e. The Morgan fingerprint density at radius 2 is 2.11 bits per heavy atom. The van der Waals surface area contributed by atoms with Crippen molar-refractivity contribution in [3.63, 3.8) is 0 Å². The van der Waals surface area contributed by atoms with Gasteiger partial charge in [0.25, 0.3) is 0 Å². The molecule has 2 N–H and O–H groups in total. The van der Waals surface area contributed by atoms with E-state index in [4.69, 9.17) is 4.74 Å². The van der Waals surface area contributed by atoms with E-state index in [1.165, 1.54) is 5.56 Å². The van der Waals surface area contributed by atoms with Gasteiger partial charge in [-0.15, -0.1) is 0 Å². The van der Waals surface area contributed by atoms with Crippen molar-refractivity contribution in [2.45, 2.75) is 37.8 Å². The molecule has 3 nitrogen and oxygen atoms in total. The second-order valence-electron chi connectivity index (χ2n) is 5.00. The van der Waals surface area contributed by atoms with Crippen molar-refractivity contribution in [1.29, 1.82) is 0 Å². The number of ether oxygens (including phenoxy) is 1. The van der Waals surface area contributed by atoms with Gasteiger partial charge in [-0.2, -0.15) is 0 Å². The summed E-state index contributed by atoms with van der Waals surface area (Å²) in [6, 6.07) is 6.03. The molecule has 18 heavy (non-hydrogen) atoms. The standard InChI is InChI=1S/C14H20BrNO2/c1-18-13-5-4-11(8-12(13)15)9-16-10-14(17)6-2-3-7-14/h4-5,8,16-17H,2-3,6-7,9-10H2,1H3. The maximum atomic E-state index is 10.2. The third-order valence-corrected chi connectivity index (χ3v) is 4.15. The quantitative estimate of drug-likeness (QED) is 0.878. The predicted octanol–water partition coefficient (Wildman–Crippen LogP) is 2.85. The van der Waals surface area contributed by atoms with Gasteiger partial charge in [0, 0.05) is 13.1 Å². The monoisotopic (exact) mass is 313 g/mol. The van der Waals surface area contributed by atoms with Crippen LogP contribution in [0.4, 0.5) is 0 Å². The lowest BCUT2D eigenvalue weighted by atomic mass is 10.0. The van der Waals surface area contributed by atoms with E-state index in [0.717, 1.165) is 42.5 Å². The molecule has 100 valence electrons. The van der Waals surface area contributed by atoms with Crippen molar-refractivity contribution in [2.24, 2.45) is 0 Å². The fourth-order valence-corrected chi connectivity index (χ4v) is 3.06. The van der Waals surface area contributed by atoms with Crippen LogP contribution < -0.4 is 10.1 Å². The molecule has 0 heterocycles. The number of rotatable bonds is 5. The summed E-state index contributed by atoms with van der Waals surface area (Å²) in [5.41, 5.74) is 0.702. The first-order valence-corrected chi connectivity index (χ1v) is 7.18. The van der Waals surface area contributed by atoms with E-state index in [-0.39, 0.29) is 0 Å². The molecule has 1 aromatic rings. The third-order valence-electron chi connectivity index (χ3n) is 3.53. The van der Waals surface area contributed by atoms with Crippen LogP contribution >= 0.6 is 15.9 Å². The molecule has 0 saturated heterocycles. The predicted molar refractivity (Wildman–Crippen MR) is 75.8 cm³/mol. The molecule has 1 aliphatic carbocycles. The molecule has 0 atom stereocenters. The number of nitrogens with one attached hydrogen (secondary N) is 1. The van der Waals surface area contributed by atoms with Gasteiger partial charge >= 0.3 is 0 Å². The van der Waals surface area contributed by atoms with Crippen LogP contribution in [0.1, 0.15) is 31.2 Å². The minimum atomic E-state index is -0.482. The average Bonchev–Trinajstić information content (AvgIpc) is 2.77. The second kappa shape index (κ2) is 6.04. The molecule has 1 aromatic carbocycles. The maximum absolute atomic E-state index is 10.2. The van der Waals surface area contributed by atoms with Crippen LogP contribution in [0.5, 0.6) is 5.75 Å². The summed E-state index contributed by atoms with van der Waals surface area (Å²) in [5, 5.41) is 13.6. The topological polar surface area (TPSA) is 41.5 Å². The Morgan fingerprint density at radius 1 is 1.39 bits per heavy atom. The van der Waals surface area contributed by atoms with E-state index in [1.54, 1.807) is 7.11 Å². The van der Waals surface area contributed by atoms with Gasteiger partial charge < -0.3 is 15.2 Å². The number of halogens is 1. The Hall–Kier alpha value is -0.580. The molecule has 1 saturated carbocycles. The van der Waals surface area contributed by atoms with Gasteiger partial charge in [-0.3, -0.25) is 0 Å². The van der Waals surface area contributed by atoms with E-state index >= 15 is 0 Å². The second-order valence-corrected chi connectivity index (χ2v) is 5.86. The van der Waals surface area contributed by atoms with Gasteiger partial charge in [0.2, 0.25) is 0 Å². The Bertz CT molecular complexity index is 403. The summed E-state index contributed by atoms with van der Waals surface area (Å²) in [4.78, 5) is 0. The molecule has 4 heteroatoms. The van der Waals surface area contributed by atoms with E-state index < -0.39 is 5.60 Å². The van der Waals surface area contributed by atoms with Crippen LogP contribution in [0.2, 0.25) is 0 Å². The van der Waals surface area contributed by atoms with Gasteiger partial charge in [0.1, 0.15) is 5.75 Å². The fourth-order valence-electron chi connectivity index (χ4n) is 2.47. The molecular weight excluding hydrogens is 294 g/mol. The fraction of sp³-hybridized carbons (Fsp3) is 0.571. The maximum Gasteiger partial charge on any atom is 0.133 e. The minimum Gasteiger partial charge on any atom is -0.496 e.